The van der Waals surface area contributed by atoms with Gasteiger partial charge in [-0.3, -0.25) is 4.79 Å². The van der Waals surface area contributed by atoms with Gasteiger partial charge in [0.1, 0.15) is 0 Å². The summed E-state index contributed by atoms with van der Waals surface area (Å²) < 4.78 is 5.64. The molecule has 0 spiro atoms. The van der Waals surface area contributed by atoms with Crippen LogP contribution in [0.5, 0.6) is 0 Å². The Balaban J connectivity index is 1.97. The van der Waals surface area contributed by atoms with E-state index in [1.54, 1.807) is 6.92 Å². The number of hydrogen-bond acceptors (Lipinski definition) is 2. The number of ether oxygens (including phenoxy) is 1. The molecule has 0 unspecified atom stereocenters. The average Bonchev–Trinajstić information content (AvgIpc) is 2.40. The summed E-state index contributed by atoms with van der Waals surface area (Å²) in [7, 11) is 0. The minimum atomic E-state index is 0.0777. The van der Waals surface area contributed by atoms with Crippen molar-refractivity contribution in [1.29, 1.82) is 0 Å². The van der Waals surface area contributed by atoms with Crippen LogP contribution in [0.2, 0.25) is 0 Å². The van der Waals surface area contributed by atoms with Gasteiger partial charge >= 0.3 is 0 Å². The lowest BCUT2D eigenvalue weighted by Gasteiger charge is -2.08. The molecule has 0 aliphatic heterocycles. The molecule has 0 radical (unpaired) electrons. The van der Waals surface area contributed by atoms with Gasteiger partial charge in [-0.2, -0.15) is 0 Å². The topological polar surface area (TPSA) is 26.3 Å². The smallest absolute Gasteiger partial charge is 0.160 e. The lowest BCUT2D eigenvalue weighted by molar-refractivity contribution is 0.0976. The van der Waals surface area contributed by atoms with Crippen molar-refractivity contribution in [2.45, 2.75) is 20.1 Å². The first-order chi connectivity index (χ1) is 8.77. The zero-order valence-corrected chi connectivity index (χ0v) is 10.4. The highest BCUT2D eigenvalue weighted by molar-refractivity contribution is 5.95. The molecule has 0 saturated carbocycles. The van der Waals surface area contributed by atoms with E-state index in [0.717, 1.165) is 16.7 Å². The molecule has 0 amide bonds. The van der Waals surface area contributed by atoms with Gasteiger partial charge in [-0.05, 0) is 18.1 Å². The van der Waals surface area contributed by atoms with Crippen molar-refractivity contribution in [2.75, 3.05) is 0 Å². The predicted molar refractivity (Wildman–Crippen MR) is 71.4 cm³/mol. The van der Waals surface area contributed by atoms with Crippen molar-refractivity contribution in [3.63, 3.8) is 0 Å². The van der Waals surface area contributed by atoms with Crippen LogP contribution in [0.4, 0.5) is 0 Å². The first kappa shape index (κ1) is 12.5. The monoisotopic (exact) mass is 240 g/mol. The number of ketones is 1. The first-order valence-corrected chi connectivity index (χ1v) is 5.98. The maximum atomic E-state index is 11.4. The molecule has 18 heavy (non-hydrogen) atoms. The van der Waals surface area contributed by atoms with E-state index in [4.69, 9.17) is 4.74 Å². The van der Waals surface area contributed by atoms with Crippen LogP contribution in [0.15, 0.2) is 54.6 Å². The van der Waals surface area contributed by atoms with Crippen molar-refractivity contribution >= 4 is 5.78 Å². The summed E-state index contributed by atoms with van der Waals surface area (Å²) in [5.74, 6) is 0.0777. The number of Topliss-reactive ketones (excluding diaryl/α,β-unsaturated/α-hetero) is 1. The zero-order chi connectivity index (χ0) is 12.8. The van der Waals surface area contributed by atoms with E-state index in [9.17, 15) is 4.79 Å². The Bertz CT molecular complexity index is 518. The molecule has 0 saturated heterocycles. The summed E-state index contributed by atoms with van der Waals surface area (Å²) in [6.45, 7) is 2.60. The van der Waals surface area contributed by atoms with Gasteiger partial charge < -0.3 is 4.74 Å². The molecule has 0 bridgehead atoms. The van der Waals surface area contributed by atoms with E-state index < -0.39 is 0 Å². The summed E-state index contributed by atoms with van der Waals surface area (Å²) in [6.07, 6.45) is 0. The Hall–Kier alpha value is -1.93. The number of carbonyl (C=O) groups is 1. The summed E-state index contributed by atoms with van der Waals surface area (Å²) in [5, 5.41) is 0. The third-order valence-electron chi connectivity index (χ3n) is 2.77. The normalized spacial score (nSPS) is 10.3. The van der Waals surface area contributed by atoms with Crippen molar-refractivity contribution in [1.82, 2.24) is 0 Å². The largest absolute Gasteiger partial charge is 0.372 e. The average molecular weight is 240 g/mol. The molecule has 0 atom stereocenters. The Labute approximate surface area is 107 Å². The van der Waals surface area contributed by atoms with Gasteiger partial charge in [-0.25, -0.2) is 0 Å². The molecule has 0 aliphatic carbocycles. The zero-order valence-electron chi connectivity index (χ0n) is 10.4. The SMILES string of the molecule is CC(=O)c1ccccc1COCc1ccccc1. The van der Waals surface area contributed by atoms with E-state index in [1.165, 1.54) is 0 Å². The molecule has 2 aromatic rings. The van der Waals surface area contributed by atoms with Crippen LogP contribution in [0.25, 0.3) is 0 Å². The molecule has 0 fully saturated rings. The second-order valence-corrected chi connectivity index (χ2v) is 4.19. The van der Waals surface area contributed by atoms with Gasteiger partial charge in [-0.15, -0.1) is 0 Å². The standard InChI is InChI=1S/C16H16O2/c1-13(17)16-10-6-5-9-15(16)12-18-11-14-7-3-2-4-8-14/h2-10H,11-12H2,1H3. The maximum absolute atomic E-state index is 11.4. The highest BCUT2D eigenvalue weighted by atomic mass is 16.5. The second kappa shape index (κ2) is 6.12. The number of benzene rings is 2. The molecule has 2 rings (SSSR count). The summed E-state index contributed by atoms with van der Waals surface area (Å²) in [6, 6.07) is 17.6. The minimum absolute atomic E-state index is 0.0777. The van der Waals surface area contributed by atoms with Crippen molar-refractivity contribution < 1.29 is 9.53 Å². The molecule has 0 aromatic heterocycles. The molecule has 2 aromatic carbocycles. The van der Waals surface area contributed by atoms with Crippen LogP contribution in [-0.4, -0.2) is 5.78 Å². The third-order valence-corrected chi connectivity index (χ3v) is 2.77. The predicted octanol–water partition coefficient (Wildman–Crippen LogP) is 3.61. The minimum Gasteiger partial charge on any atom is -0.372 e. The molecule has 92 valence electrons. The Morgan fingerprint density at radius 2 is 1.61 bits per heavy atom. The first-order valence-electron chi connectivity index (χ1n) is 5.98. The van der Waals surface area contributed by atoms with Gasteiger partial charge in [0.15, 0.2) is 5.78 Å². The summed E-state index contributed by atoms with van der Waals surface area (Å²) in [5.41, 5.74) is 2.82. The lowest BCUT2D eigenvalue weighted by Crippen LogP contribution is -2.01. The van der Waals surface area contributed by atoms with Crippen LogP contribution in [0, 0.1) is 0 Å². The Morgan fingerprint density at radius 3 is 2.33 bits per heavy atom. The molecule has 0 heterocycles. The lowest BCUT2D eigenvalue weighted by atomic mass is 10.1. The van der Waals surface area contributed by atoms with Crippen molar-refractivity contribution in [3.8, 4) is 0 Å². The van der Waals surface area contributed by atoms with Gasteiger partial charge in [0.2, 0.25) is 0 Å². The van der Waals surface area contributed by atoms with E-state index in [1.807, 2.05) is 54.6 Å². The molecular weight excluding hydrogens is 224 g/mol. The van der Waals surface area contributed by atoms with Gasteiger partial charge in [-0.1, -0.05) is 54.6 Å². The van der Waals surface area contributed by atoms with Crippen LogP contribution in [0.1, 0.15) is 28.4 Å². The highest BCUT2D eigenvalue weighted by Gasteiger charge is 2.05. The van der Waals surface area contributed by atoms with Gasteiger partial charge in [0, 0.05) is 5.56 Å². The number of carbonyl (C=O) groups excluding carboxylic acids is 1. The number of hydrogen-bond donors (Lipinski definition) is 0. The fraction of sp³-hybridized carbons (Fsp3) is 0.188. The number of rotatable bonds is 5. The maximum Gasteiger partial charge on any atom is 0.160 e. The van der Waals surface area contributed by atoms with Crippen LogP contribution < -0.4 is 0 Å². The fourth-order valence-corrected chi connectivity index (χ4v) is 1.84. The van der Waals surface area contributed by atoms with Crippen molar-refractivity contribution in [2.24, 2.45) is 0 Å². The Kier molecular flexibility index (Phi) is 4.26. The van der Waals surface area contributed by atoms with E-state index in [0.29, 0.717) is 13.2 Å². The van der Waals surface area contributed by atoms with E-state index in [2.05, 4.69) is 0 Å². The van der Waals surface area contributed by atoms with Crippen molar-refractivity contribution in [3.05, 3.63) is 71.3 Å². The van der Waals surface area contributed by atoms with Gasteiger partial charge in [0.25, 0.3) is 0 Å². The fourth-order valence-electron chi connectivity index (χ4n) is 1.84. The highest BCUT2D eigenvalue weighted by Crippen LogP contribution is 2.12. The van der Waals surface area contributed by atoms with Crippen LogP contribution >= 0.6 is 0 Å². The molecule has 2 nitrogen and oxygen atoms in total. The van der Waals surface area contributed by atoms with Crippen LogP contribution in [0.3, 0.4) is 0 Å². The van der Waals surface area contributed by atoms with E-state index >= 15 is 0 Å². The molecule has 0 aliphatic rings. The molecule has 0 N–H and O–H groups in total. The Morgan fingerprint density at radius 1 is 0.944 bits per heavy atom. The molecule has 2 heteroatoms. The van der Waals surface area contributed by atoms with E-state index in [-0.39, 0.29) is 5.78 Å². The summed E-state index contributed by atoms with van der Waals surface area (Å²) >= 11 is 0. The van der Waals surface area contributed by atoms with Crippen LogP contribution in [-0.2, 0) is 18.0 Å². The van der Waals surface area contributed by atoms with Gasteiger partial charge in [0.05, 0.1) is 13.2 Å². The second-order valence-electron chi connectivity index (χ2n) is 4.19. The quantitative estimate of drug-likeness (QED) is 0.746. The third kappa shape index (κ3) is 3.28. The summed E-state index contributed by atoms with van der Waals surface area (Å²) in [4.78, 5) is 11.4. The molecular formula is C16H16O2.